The Morgan fingerprint density at radius 1 is 0.933 bits per heavy atom. The zero-order valence-electron chi connectivity index (χ0n) is 15.9. The van der Waals surface area contributed by atoms with Gasteiger partial charge in [-0.25, -0.2) is 9.97 Å². The van der Waals surface area contributed by atoms with E-state index in [1.54, 1.807) is 43.6 Å². The second-order valence-electron chi connectivity index (χ2n) is 6.80. The fourth-order valence-corrected chi connectivity index (χ4v) is 3.23. The van der Waals surface area contributed by atoms with Gasteiger partial charge in [0, 0.05) is 29.0 Å². The topological polar surface area (TPSA) is 70.9 Å². The average molecular weight is 410 g/mol. The molecule has 0 saturated heterocycles. The molecule has 0 bridgehead atoms. The number of benzene rings is 2. The van der Waals surface area contributed by atoms with E-state index in [2.05, 4.69) is 20.3 Å². The van der Waals surface area contributed by atoms with E-state index in [1.165, 1.54) is 12.1 Å². The molecule has 30 heavy (non-hydrogen) atoms. The SMILES string of the molecule is Cc1ccnc(N[C@H](c2ccc(C(F)(F)F)cc2)c2ccc3cccnc3c2O)n1. The van der Waals surface area contributed by atoms with Crippen molar-refractivity contribution in [1.82, 2.24) is 15.0 Å². The Kier molecular flexibility index (Phi) is 4.99. The highest BCUT2D eigenvalue weighted by Crippen LogP contribution is 2.37. The molecule has 4 aromatic rings. The van der Waals surface area contributed by atoms with Gasteiger partial charge in [-0.1, -0.05) is 30.3 Å². The van der Waals surface area contributed by atoms with Crippen LogP contribution in [0.25, 0.3) is 10.9 Å². The molecule has 0 aliphatic carbocycles. The molecule has 0 spiro atoms. The highest BCUT2D eigenvalue weighted by molar-refractivity contribution is 5.85. The minimum atomic E-state index is -4.43. The molecule has 2 N–H and O–H groups in total. The lowest BCUT2D eigenvalue weighted by Crippen LogP contribution is -2.15. The number of aryl methyl sites for hydroxylation is 1. The summed E-state index contributed by atoms with van der Waals surface area (Å²) in [5.41, 5.74) is 1.34. The Hall–Kier alpha value is -3.68. The third-order valence-electron chi connectivity index (χ3n) is 4.73. The van der Waals surface area contributed by atoms with Crippen molar-refractivity contribution in [1.29, 1.82) is 0 Å². The summed E-state index contributed by atoms with van der Waals surface area (Å²) < 4.78 is 39.0. The van der Waals surface area contributed by atoms with Crippen molar-refractivity contribution in [2.75, 3.05) is 5.32 Å². The van der Waals surface area contributed by atoms with Gasteiger partial charge in [0.15, 0.2) is 0 Å². The summed E-state index contributed by atoms with van der Waals surface area (Å²) >= 11 is 0. The molecule has 0 aliphatic rings. The third kappa shape index (κ3) is 3.89. The van der Waals surface area contributed by atoms with Gasteiger partial charge >= 0.3 is 6.18 Å². The Bertz CT molecular complexity index is 1190. The van der Waals surface area contributed by atoms with Crippen LogP contribution in [0.4, 0.5) is 19.1 Å². The number of hydrogen-bond acceptors (Lipinski definition) is 5. The summed E-state index contributed by atoms with van der Waals surface area (Å²) in [7, 11) is 0. The minimum Gasteiger partial charge on any atom is -0.505 e. The van der Waals surface area contributed by atoms with Crippen molar-refractivity contribution < 1.29 is 18.3 Å². The first-order chi connectivity index (χ1) is 14.3. The maximum atomic E-state index is 13.0. The number of hydrogen-bond donors (Lipinski definition) is 2. The van der Waals surface area contributed by atoms with Gasteiger partial charge in [-0.3, -0.25) is 4.98 Å². The van der Waals surface area contributed by atoms with E-state index >= 15 is 0 Å². The quantitative estimate of drug-likeness (QED) is 0.480. The Balaban J connectivity index is 1.82. The molecule has 5 nitrogen and oxygen atoms in total. The van der Waals surface area contributed by atoms with Crippen LogP contribution < -0.4 is 5.32 Å². The molecular weight excluding hydrogens is 393 g/mol. The number of aromatic nitrogens is 3. The first-order valence-electron chi connectivity index (χ1n) is 9.13. The van der Waals surface area contributed by atoms with Crippen LogP contribution in [0.2, 0.25) is 0 Å². The number of alkyl halides is 3. The van der Waals surface area contributed by atoms with Crippen LogP contribution in [0.3, 0.4) is 0 Å². The molecule has 2 aromatic carbocycles. The standard InChI is InChI=1S/C22H17F3N4O/c1-13-10-12-27-21(28-13)29-18(15-4-7-16(8-5-15)22(23,24)25)17-9-6-14-3-2-11-26-19(14)20(17)30/h2-12,18,30H,1H3,(H,27,28,29)/t18-/m1/s1. The summed E-state index contributed by atoms with van der Waals surface area (Å²) in [6.07, 6.45) is -1.29. The first kappa shape index (κ1) is 19.6. The predicted octanol–water partition coefficient (Wildman–Crippen LogP) is 5.26. The summed E-state index contributed by atoms with van der Waals surface area (Å²) in [5.74, 6) is 0.235. The second kappa shape index (κ2) is 7.62. The van der Waals surface area contributed by atoms with Gasteiger partial charge in [0.1, 0.15) is 11.3 Å². The number of rotatable bonds is 4. The van der Waals surface area contributed by atoms with Gasteiger partial charge in [-0.2, -0.15) is 13.2 Å². The van der Waals surface area contributed by atoms with Crippen LogP contribution in [0.5, 0.6) is 5.75 Å². The van der Waals surface area contributed by atoms with Gasteiger partial charge in [0.2, 0.25) is 5.95 Å². The van der Waals surface area contributed by atoms with Crippen molar-refractivity contribution in [3.63, 3.8) is 0 Å². The molecule has 0 unspecified atom stereocenters. The van der Waals surface area contributed by atoms with Crippen molar-refractivity contribution >= 4 is 16.9 Å². The number of fused-ring (bicyclic) bond motifs is 1. The molecule has 0 radical (unpaired) electrons. The number of nitrogens with zero attached hydrogens (tertiary/aromatic N) is 3. The number of pyridine rings is 1. The number of anilines is 1. The molecule has 0 fully saturated rings. The van der Waals surface area contributed by atoms with E-state index in [-0.39, 0.29) is 5.75 Å². The zero-order chi connectivity index (χ0) is 21.3. The van der Waals surface area contributed by atoms with E-state index in [0.29, 0.717) is 22.6 Å². The second-order valence-corrected chi connectivity index (χ2v) is 6.80. The van der Waals surface area contributed by atoms with Crippen molar-refractivity contribution in [2.45, 2.75) is 19.1 Å². The molecule has 1 atom stereocenters. The first-order valence-corrected chi connectivity index (χ1v) is 9.13. The number of nitrogens with one attached hydrogen (secondary N) is 1. The summed E-state index contributed by atoms with van der Waals surface area (Å²) in [4.78, 5) is 12.7. The number of phenols is 1. The maximum Gasteiger partial charge on any atom is 0.416 e. The van der Waals surface area contributed by atoms with Crippen molar-refractivity contribution in [2.24, 2.45) is 0 Å². The number of aromatic hydroxyl groups is 1. The van der Waals surface area contributed by atoms with E-state index in [1.807, 2.05) is 6.07 Å². The molecule has 0 aliphatic heterocycles. The van der Waals surface area contributed by atoms with Crippen molar-refractivity contribution in [3.05, 3.63) is 89.4 Å². The van der Waals surface area contributed by atoms with E-state index < -0.39 is 17.8 Å². The molecule has 8 heteroatoms. The summed E-state index contributed by atoms with van der Waals surface area (Å²) in [6, 6.07) is 12.9. The largest absolute Gasteiger partial charge is 0.505 e. The number of phenolic OH excluding ortho intramolecular Hbond substituents is 1. The fourth-order valence-electron chi connectivity index (χ4n) is 3.23. The van der Waals surface area contributed by atoms with Gasteiger partial charge in [-0.15, -0.1) is 0 Å². The minimum absolute atomic E-state index is 0.0573. The van der Waals surface area contributed by atoms with Crippen LogP contribution in [0.1, 0.15) is 28.4 Å². The Morgan fingerprint density at radius 3 is 2.40 bits per heavy atom. The third-order valence-corrected chi connectivity index (χ3v) is 4.73. The molecular formula is C22H17F3N4O. The monoisotopic (exact) mass is 410 g/mol. The lowest BCUT2D eigenvalue weighted by molar-refractivity contribution is -0.137. The van der Waals surface area contributed by atoms with E-state index in [4.69, 9.17) is 0 Å². The average Bonchev–Trinajstić information content (AvgIpc) is 2.72. The smallest absolute Gasteiger partial charge is 0.416 e. The van der Waals surface area contributed by atoms with Gasteiger partial charge < -0.3 is 10.4 Å². The van der Waals surface area contributed by atoms with E-state index in [9.17, 15) is 18.3 Å². The van der Waals surface area contributed by atoms with Gasteiger partial charge in [0.05, 0.1) is 11.6 Å². The van der Waals surface area contributed by atoms with Gasteiger partial charge in [0.25, 0.3) is 0 Å². The van der Waals surface area contributed by atoms with Crippen LogP contribution in [0.15, 0.2) is 67.0 Å². The normalized spacial score (nSPS) is 12.7. The highest BCUT2D eigenvalue weighted by atomic mass is 19.4. The molecule has 2 heterocycles. The molecule has 0 amide bonds. The highest BCUT2D eigenvalue weighted by Gasteiger charge is 2.30. The lowest BCUT2D eigenvalue weighted by atomic mass is 9.95. The molecule has 152 valence electrons. The lowest BCUT2D eigenvalue weighted by Gasteiger charge is -2.22. The van der Waals surface area contributed by atoms with Crippen LogP contribution in [-0.2, 0) is 6.18 Å². The summed E-state index contributed by atoms with van der Waals surface area (Å²) in [5, 5.41) is 14.7. The van der Waals surface area contributed by atoms with Crippen LogP contribution in [0, 0.1) is 6.92 Å². The number of halogens is 3. The molecule has 0 saturated carbocycles. The molecule has 2 aromatic heterocycles. The summed E-state index contributed by atoms with van der Waals surface area (Å²) in [6.45, 7) is 1.80. The van der Waals surface area contributed by atoms with E-state index in [0.717, 1.165) is 23.2 Å². The fraction of sp³-hybridized carbons (Fsp3) is 0.136. The van der Waals surface area contributed by atoms with Crippen LogP contribution in [-0.4, -0.2) is 20.1 Å². The Labute approximate surface area is 170 Å². The molecule has 4 rings (SSSR count). The van der Waals surface area contributed by atoms with Crippen molar-refractivity contribution in [3.8, 4) is 5.75 Å². The zero-order valence-corrected chi connectivity index (χ0v) is 15.9. The predicted molar refractivity (Wildman–Crippen MR) is 107 cm³/mol. The Morgan fingerprint density at radius 2 is 1.70 bits per heavy atom. The van der Waals surface area contributed by atoms with Crippen LogP contribution >= 0.6 is 0 Å². The maximum absolute atomic E-state index is 13.0. The van der Waals surface area contributed by atoms with Gasteiger partial charge in [-0.05, 0) is 36.8 Å².